The van der Waals surface area contributed by atoms with Gasteiger partial charge in [-0.1, -0.05) is 89.5 Å². The van der Waals surface area contributed by atoms with E-state index in [1.165, 1.54) is 35.8 Å². The highest BCUT2D eigenvalue weighted by atomic mass is 16.5. The van der Waals surface area contributed by atoms with Crippen molar-refractivity contribution in [3.63, 3.8) is 0 Å². The van der Waals surface area contributed by atoms with Crippen molar-refractivity contribution in [1.29, 1.82) is 0 Å². The highest BCUT2D eigenvalue weighted by molar-refractivity contribution is 5.87. The molecule has 4 N–H and O–H groups in total. The van der Waals surface area contributed by atoms with Crippen molar-refractivity contribution >= 4 is 24.3 Å². The van der Waals surface area contributed by atoms with Crippen LogP contribution in [0, 0.1) is 47.4 Å². The lowest BCUT2D eigenvalue weighted by Crippen LogP contribution is -2.53. The number of nitrogens with one attached hydrogen (secondary N) is 4. The standard InChI is InChI=1S/C55H66N8O5/c1-33(2)49(58-32-64)53(65)62-45-12-8-6-10-41(45)28-47(62)51-56-30-43(59-51)24-22-39-26-35-14-18-37(39)19-15-36-17-21-38(20-16-35)40(27-36)23-25-44-31-57-52(60-44)48-29-42-11-7-9-13-46(42)63(48)54(66)50(34(3)4)61-55(67)68-5/h14,17-18,21,26-27,30-34,41-42,45-50H,6-13,15-16,19-20,28-29H2,1-5H3,(H,56,59)(H,57,60)(H,58,64)(H,61,67). The number of aromatic nitrogens is 4. The molecule has 2 saturated carbocycles. The van der Waals surface area contributed by atoms with Gasteiger partial charge < -0.3 is 35.1 Å². The minimum atomic E-state index is -0.699. The van der Waals surface area contributed by atoms with Gasteiger partial charge >= 0.3 is 6.09 Å². The number of hydrogen-bond acceptors (Lipinski definition) is 7. The molecule has 4 bridgehead atoms. The summed E-state index contributed by atoms with van der Waals surface area (Å²) in [6.07, 6.45) is 17.3. The third-order valence-electron chi connectivity index (χ3n) is 15.4. The maximum absolute atomic E-state index is 14.3. The number of H-pyrrole nitrogens is 2. The number of hydrogen-bond donors (Lipinski definition) is 4. The number of methoxy groups -OCH3 is 1. The average molecular weight is 919 g/mol. The molecule has 0 radical (unpaired) electrons. The van der Waals surface area contributed by atoms with Crippen LogP contribution in [0.25, 0.3) is 0 Å². The van der Waals surface area contributed by atoms with Crippen LogP contribution in [0.4, 0.5) is 4.79 Å². The molecule has 356 valence electrons. The van der Waals surface area contributed by atoms with Crippen LogP contribution in [0.5, 0.6) is 0 Å². The Morgan fingerprint density at radius 3 is 1.60 bits per heavy atom. The Labute approximate surface area is 400 Å². The van der Waals surface area contributed by atoms with Crippen molar-refractivity contribution in [1.82, 2.24) is 40.4 Å². The Kier molecular flexibility index (Phi) is 14.1. The van der Waals surface area contributed by atoms with E-state index in [1.54, 1.807) is 0 Å². The molecular weight excluding hydrogens is 853 g/mol. The summed E-state index contributed by atoms with van der Waals surface area (Å²) in [5, 5.41) is 5.60. The van der Waals surface area contributed by atoms with E-state index in [1.807, 2.05) is 49.9 Å². The molecule has 4 heterocycles. The minimum Gasteiger partial charge on any atom is -0.453 e. The summed E-state index contributed by atoms with van der Waals surface area (Å²) in [5.74, 6) is 15.7. The second kappa shape index (κ2) is 20.5. The molecule has 13 heteroatoms. The Balaban J connectivity index is 0.909. The van der Waals surface area contributed by atoms with E-state index in [4.69, 9.17) is 14.7 Å². The van der Waals surface area contributed by atoms with E-state index >= 15 is 0 Å². The van der Waals surface area contributed by atoms with Gasteiger partial charge in [0.05, 0.1) is 19.2 Å². The number of aromatic amines is 2. The van der Waals surface area contributed by atoms with E-state index in [0.717, 1.165) is 106 Å². The number of benzene rings is 2. The molecule has 2 aromatic heterocycles. The zero-order chi connectivity index (χ0) is 47.5. The molecule has 4 aromatic rings. The average Bonchev–Trinajstić information content (AvgIpc) is 4.16. The molecule has 6 aliphatic carbocycles. The van der Waals surface area contributed by atoms with Crippen molar-refractivity contribution in [2.24, 2.45) is 23.7 Å². The highest BCUT2D eigenvalue weighted by Gasteiger charge is 2.49. The molecule has 8 atom stereocenters. The van der Waals surface area contributed by atoms with Crippen LogP contribution in [-0.2, 0) is 44.8 Å². The summed E-state index contributed by atoms with van der Waals surface area (Å²) in [7, 11) is 1.32. The largest absolute Gasteiger partial charge is 0.453 e. The van der Waals surface area contributed by atoms with E-state index in [0.29, 0.717) is 29.6 Å². The number of imidazole rings is 2. The summed E-state index contributed by atoms with van der Waals surface area (Å²) in [6.45, 7) is 7.83. The maximum atomic E-state index is 14.3. The fourth-order valence-electron chi connectivity index (χ4n) is 11.9. The first kappa shape index (κ1) is 46.8. The number of ether oxygens (including phenoxy) is 1. The number of carbonyl (C=O) groups is 4. The summed E-state index contributed by atoms with van der Waals surface area (Å²) >= 11 is 0. The van der Waals surface area contributed by atoms with Gasteiger partial charge in [-0.25, -0.2) is 14.8 Å². The van der Waals surface area contributed by atoms with Gasteiger partial charge in [-0.3, -0.25) is 14.4 Å². The first-order valence-corrected chi connectivity index (χ1v) is 25.1. The fourth-order valence-corrected chi connectivity index (χ4v) is 11.9. The number of fused-ring (bicyclic) bond motifs is 2. The van der Waals surface area contributed by atoms with E-state index in [9.17, 15) is 19.2 Å². The molecule has 0 spiro atoms. The molecule has 2 aromatic carbocycles. The quantitative estimate of drug-likeness (QED) is 0.0991. The molecule has 8 unspecified atom stereocenters. The third kappa shape index (κ3) is 9.81. The van der Waals surface area contributed by atoms with Crippen molar-refractivity contribution in [2.45, 2.75) is 154 Å². The monoisotopic (exact) mass is 919 g/mol. The van der Waals surface area contributed by atoms with E-state index in [-0.39, 0.29) is 47.8 Å². The Morgan fingerprint density at radius 2 is 1.15 bits per heavy atom. The predicted molar refractivity (Wildman–Crippen MR) is 259 cm³/mol. The molecule has 8 aliphatic rings. The van der Waals surface area contributed by atoms with Gasteiger partial charge in [0.25, 0.3) is 0 Å². The first-order valence-electron chi connectivity index (χ1n) is 25.1. The number of carbonyl (C=O) groups excluding carboxylic acids is 4. The van der Waals surface area contributed by atoms with Gasteiger partial charge in [-0.2, -0.15) is 0 Å². The summed E-state index contributed by atoms with van der Waals surface area (Å²) in [4.78, 5) is 73.0. The number of likely N-dealkylation sites (tertiary alicyclic amines) is 2. The van der Waals surface area contributed by atoms with E-state index < -0.39 is 18.2 Å². The van der Waals surface area contributed by atoms with E-state index in [2.05, 4.69) is 80.7 Å². The lowest BCUT2D eigenvalue weighted by molar-refractivity contribution is -0.140. The van der Waals surface area contributed by atoms with Crippen LogP contribution in [0.15, 0.2) is 48.8 Å². The van der Waals surface area contributed by atoms with Crippen LogP contribution in [0.1, 0.15) is 160 Å². The topological polar surface area (TPSA) is 165 Å². The van der Waals surface area contributed by atoms with Crippen LogP contribution < -0.4 is 10.6 Å². The smallest absolute Gasteiger partial charge is 0.407 e. The molecule has 4 fully saturated rings. The van der Waals surface area contributed by atoms with Gasteiger partial charge in [-0.15, -0.1) is 0 Å². The maximum Gasteiger partial charge on any atom is 0.407 e. The normalized spacial score (nSPS) is 23.8. The van der Waals surface area contributed by atoms with Crippen LogP contribution in [-0.4, -0.2) is 85.3 Å². The number of amides is 4. The van der Waals surface area contributed by atoms with Gasteiger partial charge in [0, 0.05) is 35.6 Å². The van der Waals surface area contributed by atoms with Crippen molar-refractivity contribution < 1.29 is 23.9 Å². The molecule has 68 heavy (non-hydrogen) atoms. The molecule has 2 saturated heterocycles. The van der Waals surface area contributed by atoms with Gasteiger partial charge in [-0.05, 0) is 134 Å². The third-order valence-corrected chi connectivity index (χ3v) is 15.4. The summed E-state index contributed by atoms with van der Waals surface area (Å²) in [6, 6.07) is 11.9. The molecule has 13 nitrogen and oxygen atoms in total. The number of rotatable bonds is 9. The Morgan fingerprint density at radius 1 is 0.676 bits per heavy atom. The molecule has 2 aliphatic heterocycles. The second-order valence-electron chi connectivity index (χ2n) is 20.4. The molecule has 4 amide bonds. The first-order chi connectivity index (χ1) is 33.0. The number of aryl methyl sites for hydroxylation is 4. The highest BCUT2D eigenvalue weighted by Crippen LogP contribution is 2.47. The second-order valence-corrected chi connectivity index (χ2v) is 20.4. The predicted octanol–water partition coefficient (Wildman–Crippen LogP) is 7.63. The summed E-state index contributed by atoms with van der Waals surface area (Å²) < 4.78 is 4.89. The van der Waals surface area contributed by atoms with Gasteiger partial charge in [0.15, 0.2) is 0 Å². The van der Waals surface area contributed by atoms with Crippen molar-refractivity contribution in [3.8, 4) is 23.7 Å². The SMILES string of the molecule is COC(=O)NC(C(=O)N1C(c2nc(C#Cc3cc4ccc3CCc3ccc(c(C#Cc5c[nH]c(C6CC7CCCCC7N6C(=O)C(NC=O)C(C)C)n5)c3)CC4)c[nH]2)CC2CCCCC21)C(C)C. The Hall–Kier alpha value is -6.34. The van der Waals surface area contributed by atoms with Crippen LogP contribution >= 0.6 is 0 Å². The number of alkyl carbamates (subject to hydrolysis) is 1. The van der Waals surface area contributed by atoms with Gasteiger partial charge in [0.2, 0.25) is 18.2 Å². The number of nitrogens with zero attached hydrogens (tertiary/aromatic N) is 4. The molecular formula is C55H66N8O5. The fraction of sp³-hybridized carbons (Fsp3) is 0.527. The van der Waals surface area contributed by atoms with Crippen LogP contribution in [0.2, 0.25) is 0 Å². The lowest BCUT2D eigenvalue weighted by Gasteiger charge is -2.36. The summed E-state index contributed by atoms with van der Waals surface area (Å²) in [5.41, 5.74) is 8.03. The van der Waals surface area contributed by atoms with Crippen molar-refractivity contribution in [2.75, 3.05) is 7.11 Å². The Bertz CT molecular complexity index is 2640. The molecule has 12 rings (SSSR count). The van der Waals surface area contributed by atoms with Gasteiger partial charge in [0.1, 0.15) is 35.1 Å². The lowest BCUT2D eigenvalue weighted by atomic mass is 9.84. The zero-order valence-corrected chi connectivity index (χ0v) is 40.2. The van der Waals surface area contributed by atoms with Crippen LogP contribution in [0.3, 0.4) is 0 Å². The zero-order valence-electron chi connectivity index (χ0n) is 40.2. The van der Waals surface area contributed by atoms with Crippen molar-refractivity contribution in [3.05, 3.63) is 105 Å². The minimum absolute atomic E-state index is 0.0297.